The summed E-state index contributed by atoms with van der Waals surface area (Å²) >= 11 is 4.86. The maximum absolute atomic E-state index is 5.05. The van der Waals surface area contributed by atoms with Crippen LogP contribution >= 0.6 is 27.5 Å². The minimum absolute atomic E-state index is 0.714. The first-order chi connectivity index (χ1) is 6.77. The molecule has 0 saturated heterocycles. The molecule has 0 radical (unpaired) electrons. The van der Waals surface area contributed by atoms with Crippen molar-refractivity contribution in [2.45, 2.75) is 6.92 Å². The second-order valence-corrected chi connectivity index (χ2v) is 4.32. The zero-order chi connectivity index (χ0) is 10.4. The third-order valence-corrected chi connectivity index (χ3v) is 2.93. The van der Waals surface area contributed by atoms with E-state index in [1.807, 2.05) is 6.92 Å². The van der Waals surface area contributed by atoms with Crippen molar-refractivity contribution >= 4 is 32.6 Å². The van der Waals surface area contributed by atoms with Crippen molar-refractivity contribution in [2.24, 2.45) is 0 Å². The molecule has 14 heavy (non-hydrogen) atoms. The van der Waals surface area contributed by atoms with Gasteiger partial charge in [0.15, 0.2) is 0 Å². The predicted octanol–water partition coefficient (Wildman–Crippen LogP) is 1.69. The van der Waals surface area contributed by atoms with E-state index < -0.39 is 0 Å². The Balaban J connectivity index is 2.57. The van der Waals surface area contributed by atoms with Crippen LogP contribution in [-0.4, -0.2) is 41.5 Å². The van der Waals surface area contributed by atoms with E-state index in [9.17, 15) is 0 Å². The number of anilines is 1. The lowest BCUT2D eigenvalue weighted by atomic mass is 10.5. The highest BCUT2D eigenvalue weighted by molar-refractivity contribution is 9.09. The van der Waals surface area contributed by atoms with E-state index in [4.69, 9.17) is 4.74 Å². The van der Waals surface area contributed by atoms with Gasteiger partial charge < -0.3 is 9.64 Å². The van der Waals surface area contributed by atoms with Gasteiger partial charge in [0, 0.05) is 37.1 Å². The molecule has 0 fully saturated rings. The summed E-state index contributed by atoms with van der Waals surface area (Å²) in [6.45, 7) is 4.41. The number of methoxy groups -OCH3 is 1. The molecule has 6 heteroatoms. The van der Waals surface area contributed by atoms with Crippen molar-refractivity contribution in [1.82, 2.24) is 9.36 Å². The Morgan fingerprint density at radius 3 is 2.79 bits per heavy atom. The van der Waals surface area contributed by atoms with Gasteiger partial charge in [0.25, 0.3) is 0 Å². The number of aromatic nitrogens is 2. The number of nitrogens with zero attached hydrogens (tertiary/aromatic N) is 3. The highest BCUT2D eigenvalue weighted by atomic mass is 79.9. The van der Waals surface area contributed by atoms with Crippen LogP contribution in [0.3, 0.4) is 0 Å². The molecule has 0 bridgehead atoms. The molecule has 0 aliphatic heterocycles. The molecule has 80 valence electrons. The minimum Gasteiger partial charge on any atom is -0.383 e. The zero-order valence-electron chi connectivity index (χ0n) is 8.36. The number of aryl methyl sites for hydroxylation is 1. The van der Waals surface area contributed by atoms with Crippen molar-refractivity contribution < 1.29 is 4.74 Å². The molecule has 0 spiro atoms. The van der Waals surface area contributed by atoms with Crippen LogP contribution in [0.2, 0.25) is 0 Å². The van der Waals surface area contributed by atoms with E-state index in [2.05, 4.69) is 30.2 Å². The van der Waals surface area contributed by atoms with Gasteiger partial charge in [-0.25, -0.2) is 4.98 Å². The molecule has 0 unspecified atom stereocenters. The van der Waals surface area contributed by atoms with Crippen molar-refractivity contribution in [3.05, 3.63) is 5.82 Å². The normalized spacial score (nSPS) is 10.5. The predicted molar refractivity (Wildman–Crippen MR) is 62.5 cm³/mol. The van der Waals surface area contributed by atoms with Gasteiger partial charge >= 0.3 is 0 Å². The number of halogens is 1. The van der Waals surface area contributed by atoms with E-state index in [0.717, 1.165) is 29.4 Å². The molecule has 0 saturated carbocycles. The molecule has 0 N–H and O–H groups in total. The van der Waals surface area contributed by atoms with Gasteiger partial charge in [-0.05, 0) is 6.92 Å². The molecule has 0 aliphatic rings. The minimum atomic E-state index is 0.714. The monoisotopic (exact) mass is 279 g/mol. The number of hydrogen-bond acceptors (Lipinski definition) is 5. The first-order valence-electron chi connectivity index (χ1n) is 4.38. The lowest BCUT2D eigenvalue weighted by Crippen LogP contribution is -2.28. The highest BCUT2D eigenvalue weighted by Crippen LogP contribution is 2.16. The van der Waals surface area contributed by atoms with Crippen LogP contribution in [0.25, 0.3) is 0 Å². The third kappa shape index (κ3) is 3.51. The molecule has 1 heterocycles. The summed E-state index contributed by atoms with van der Waals surface area (Å²) in [4.78, 5) is 6.51. The van der Waals surface area contributed by atoms with E-state index in [1.165, 1.54) is 11.5 Å². The first kappa shape index (κ1) is 11.9. The van der Waals surface area contributed by atoms with E-state index in [-0.39, 0.29) is 0 Å². The summed E-state index contributed by atoms with van der Waals surface area (Å²) < 4.78 is 9.21. The highest BCUT2D eigenvalue weighted by Gasteiger charge is 2.09. The number of ether oxygens (including phenoxy) is 1. The van der Waals surface area contributed by atoms with Crippen LogP contribution in [0.1, 0.15) is 5.82 Å². The molecular weight excluding hydrogens is 266 g/mol. The first-order valence-corrected chi connectivity index (χ1v) is 6.27. The van der Waals surface area contributed by atoms with E-state index >= 15 is 0 Å². The number of hydrogen-bond donors (Lipinski definition) is 0. The van der Waals surface area contributed by atoms with Crippen LogP contribution < -0.4 is 4.90 Å². The fourth-order valence-electron chi connectivity index (χ4n) is 1.02. The quantitative estimate of drug-likeness (QED) is 0.743. The van der Waals surface area contributed by atoms with E-state index in [1.54, 1.807) is 7.11 Å². The smallest absolute Gasteiger partial charge is 0.205 e. The largest absolute Gasteiger partial charge is 0.383 e. The van der Waals surface area contributed by atoms with Crippen LogP contribution in [0.5, 0.6) is 0 Å². The fraction of sp³-hybridized carbons (Fsp3) is 0.750. The second-order valence-electron chi connectivity index (χ2n) is 2.79. The average Bonchev–Trinajstić information content (AvgIpc) is 2.59. The maximum atomic E-state index is 5.05. The van der Waals surface area contributed by atoms with Gasteiger partial charge in [0.2, 0.25) is 5.13 Å². The van der Waals surface area contributed by atoms with Gasteiger partial charge in [0.1, 0.15) is 5.82 Å². The molecule has 0 aromatic carbocycles. The Morgan fingerprint density at radius 2 is 2.29 bits per heavy atom. The lowest BCUT2D eigenvalue weighted by molar-refractivity contribution is 0.205. The molecule has 1 aromatic heterocycles. The molecule has 0 amide bonds. The Bertz CT molecular complexity index is 269. The van der Waals surface area contributed by atoms with E-state index in [0.29, 0.717) is 6.61 Å². The van der Waals surface area contributed by atoms with Crippen molar-refractivity contribution in [3.8, 4) is 0 Å². The Kier molecular flexibility index (Phi) is 5.36. The summed E-state index contributed by atoms with van der Waals surface area (Å²) in [5, 5.41) is 1.90. The van der Waals surface area contributed by atoms with Crippen molar-refractivity contribution in [1.29, 1.82) is 0 Å². The number of alkyl halides is 1. The van der Waals surface area contributed by atoms with Gasteiger partial charge in [0.05, 0.1) is 6.61 Å². The zero-order valence-corrected chi connectivity index (χ0v) is 10.8. The van der Waals surface area contributed by atoms with Gasteiger partial charge in [-0.1, -0.05) is 15.9 Å². The molecule has 0 aliphatic carbocycles. The van der Waals surface area contributed by atoms with Crippen molar-refractivity contribution in [3.63, 3.8) is 0 Å². The van der Waals surface area contributed by atoms with Crippen LogP contribution in [-0.2, 0) is 4.74 Å². The van der Waals surface area contributed by atoms with Crippen molar-refractivity contribution in [2.75, 3.05) is 37.0 Å². The molecule has 1 rings (SSSR count). The standard InChI is InChI=1S/C8H14BrN3OS/c1-7-10-8(14-11-7)12(4-3-9)5-6-13-2/h3-6H2,1-2H3. The summed E-state index contributed by atoms with van der Waals surface area (Å²) in [7, 11) is 1.71. The molecule has 4 nitrogen and oxygen atoms in total. The Morgan fingerprint density at radius 1 is 1.50 bits per heavy atom. The summed E-state index contributed by atoms with van der Waals surface area (Å²) in [6.07, 6.45) is 0. The summed E-state index contributed by atoms with van der Waals surface area (Å²) in [5.74, 6) is 0.835. The van der Waals surface area contributed by atoms with Gasteiger partial charge in [-0.2, -0.15) is 4.37 Å². The molecule has 0 atom stereocenters. The second kappa shape index (κ2) is 6.31. The Labute approximate surface area is 96.6 Å². The fourth-order valence-corrected chi connectivity index (χ4v) is 2.17. The average molecular weight is 280 g/mol. The van der Waals surface area contributed by atoms with Crippen LogP contribution in [0.4, 0.5) is 5.13 Å². The topological polar surface area (TPSA) is 38.2 Å². The maximum Gasteiger partial charge on any atom is 0.205 e. The van der Waals surface area contributed by atoms with Crippen LogP contribution in [0.15, 0.2) is 0 Å². The summed E-state index contributed by atoms with van der Waals surface area (Å²) in [5.41, 5.74) is 0. The number of rotatable bonds is 6. The van der Waals surface area contributed by atoms with Gasteiger partial charge in [-0.15, -0.1) is 0 Å². The lowest BCUT2D eigenvalue weighted by Gasteiger charge is -2.19. The molecular formula is C8H14BrN3OS. The van der Waals surface area contributed by atoms with Gasteiger partial charge in [-0.3, -0.25) is 0 Å². The molecule has 1 aromatic rings. The SMILES string of the molecule is COCCN(CCBr)c1nc(C)ns1. The summed E-state index contributed by atoms with van der Waals surface area (Å²) in [6, 6.07) is 0. The third-order valence-electron chi connectivity index (χ3n) is 1.71. The van der Waals surface area contributed by atoms with Crippen LogP contribution in [0, 0.1) is 6.92 Å². The Hall–Kier alpha value is -0.200.